The molecule has 0 amide bonds. The summed E-state index contributed by atoms with van der Waals surface area (Å²) in [7, 11) is 0. The first kappa shape index (κ1) is 11.7. The van der Waals surface area contributed by atoms with Crippen LogP contribution < -0.4 is 0 Å². The Labute approximate surface area is 98.5 Å². The summed E-state index contributed by atoms with van der Waals surface area (Å²) in [6.45, 7) is 2.55. The Hall–Kier alpha value is -0.820. The van der Waals surface area contributed by atoms with Gasteiger partial charge in [-0.15, -0.1) is 0 Å². The highest BCUT2D eigenvalue weighted by Crippen LogP contribution is 2.45. The lowest BCUT2D eigenvalue weighted by atomic mass is 9.79. The lowest BCUT2D eigenvalue weighted by Gasteiger charge is -2.27. The van der Waals surface area contributed by atoms with E-state index in [0.717, 1.165) is 12.3 Å². The molecule has 0 heterocycles. The van der Waals surface area contributed by atoms with Crippen LogP contribution in [-0.2, 0) is 5.41 Å². The molecule has 1 aromatic rings. The summed E-state index contributed by atoms with van der Waals surface area (Å²) in [5, 5.41) is 9.76. The van der Waals surface area contributed by atoms with E-state index in [4.69, 9.17) is 0 Å². The smallest absolute Gasteiger partial charge is 0.0528 e. The first-order valence-electron chi connectivity index (χ1n) is 6.47. The number of aliphatic hydroxyl groups excluding tert-OH is 1. The van der Waals surface area contributed by atoms with Gasteiger partial charge in [-0.2, -0.15) is 0 Å². The normalized spacial score (nSPS) is 29.5. The predicted molar refractivity (Wildman–Crippen MR) is 67.5 cm³/mol. The highest BCUT2D eigenvalue weighted by molar-refractivity contribution is 5.27. The maximum atomic E-state index is 9.76. The standard InChI is InChI=1S/C15H22O/c1-2-6-13-9-10-15(11-13,12-16)14-7-4-3-5-8-14/h3-5,7-8,13,16H,2,6,9-12H2,1H3/t13-,15+/m1/s1. The van der Waals surface area contributed by atoms with Crippen molar-refractivity contribution in [3.8, 4) is 0 Å². The second-order valence-electron chi connectivity index (χ2n) is 5.20. The van der Waals surface area contributed by atoms with E-state index in [0.29, 0.717) is 6.61 Å². The van der Waals surface area contributed by atoms with Gasteiger partial charge in [0.1, 0.15) is 0 Å². The highest BCUT2D eigenvalue weighted by atomic mass is 16.3. The molecule has 16 heavy (non-hydrogen) atoms. The van der Waals surface area contributed by atoms with Crippen LogP contribution in [0.3, 0.4) is 0 Å². The van der Waals surface area contributed by atoms with E-state index in [1.807, 2.05) is 6.07 Å². The van der Waals surface area contributed by atoms with Crippen molar-refractivity contribution in [3.63, 3.8) is 0 Å². The molecular weight excluding hydrogens is 196 g/mol. The highest BCUT2D eigenvalue weighted by Gasteiger charge is 2.39. The molecule has 0 aliphatic heterocycles. The third-order valence-electron chi connectivity index (χ3n) is 4.10. The molecule has 1 heteroatoms. The second kappa shape index (κ2) is 5.01. The SMILES string of the molecule is CCC[C@@H]1CC[C@](CO)(c2ccccc2)C1. The van der Waals surface area contributed by atoms with Crippen LogP contribution >= 0.6 is 0 Å². The number of rotatable bonds is 4. The maximum Gasteiger partial charge on any atom is 0.0528 e. The number of benzene rings is 1. The zero-order chi connectivity index (χ0) is 11.4. The largest absolute Gasteiger partial charge is 0.395 e. The fourth-order valence-electron chi connectivity index (χ4n) is 3.18. The van der Waals surface area contributed by atoms with Crippen LogP contribution in [0.4, 0.5) is 0 Å². The number of aliphatic hydroxyl groups is 1. The van der Waals surface area contributed by atoms with Crippen LogP contribution in [0.25, 0.3) is 0 Å². The molecule has 1 fully saturated rings. The van der Waals surface area contributed by atoms with Gasteiger partial charge in [0.05, 0.1) is 6.61 Å². The molecule has 0 aromatic heterocycles. The van der Waals surface area contributed by atoms with Crippen LogP contribution in [0.15, 0.2) is 30.3 Å². The molecule has 0 saturated heterocycles. The molecule has 1 saturated carbocycles. The molecular formula is C15H22O. The summed E-state index contributed by atoms with van der Waals surface area (Å²) in [5.41, 5.74) is 1.39. The van der Waals surface area contributed by atoms with Gasteiger partial charge in [-0.05, 0) is 30.7 Å². The number of hydrogen-bond donors (Lipinski definition) is 1. The molecule has 0 spiro atoms. The van der Waals surface area contributed by atoms with Crippen molar-refractivity contribution in [1.82, 2.24) is 0 Å². The minimum Gasteiger partial charge on any atom is -0.395 e. The van der Waals surface area contributed by atoms with Crippen LogP contribution in [-0.4, -0.2) is 11.7 Å². The second-order valence-corrected chi connectivity index (χ2v) is 5.20. The topological polar surface area (TPSA) is 20.2 Å². The molecule has 0 unspecified atom stereocenters. The Morgan fingerprint density at radius 3 is 2.69 bits per heavy atom. The monoisotopic (exact) mass is 218 g/mol. The molecule has 2 atom stereocenters. The summed E-state index contributed by atoms with van der Waals surface area (Å²) in [6, 6.07) is 10.6. The molecule has 1 aliphatic carbocycles. The van der Waals surface area contributed by atoms with Gasteiger partial charge in [0.25, 0.3) is 0 Å². The third kappa shape index (κ3) is 2.15. The van der Waals surface area contributed by atoms with Crippen molar-refractivity contribution in [1.29, 1.82) is 0 Å². The lowest BCUT2D eigenvalue weighted by Crippen LogP contribution is -2.27. The average Bonchev–Trinajstić information content (AvgIpc) is 2.76. The minimum absolute atomic E-state index is 0.0566. The van der Waals surface area contributed by atoms with Gasteiger partial charge in [0.2, 0.25) is 0 Å². The summed E-state index contributed by atoms with van der Waals surface area (Å²) in [4.78, 5) is 0. The Bertz CT molecular complexity index is 319. The van der Waals surface area contributed by atoms with Gasteiger partial charge in [-0.3, -0.25) is 0 Å². The van der Waals surface area contributed by atoms with Gasteiger partial charge < -0.3 is 5.11 Å². The number of hydrogen-bond acceptors (Lipinski definition) is 1. The summed E-state index contributed by atoms with van der Waals surface area (Å²) < 4.78 is 0. The van der Waals surface area contributed by atoms with Crippen molar-refractivity contribution >= 4 is 0 Å². The summed E-state index contributed by atoms with van der Waals surface area (Å²) >= 11 is 0. The lowest BCUT2D eigenvalue weighted by molar-refractivity contribution is 0.191. The Morgan fingerprint density at radius 1 is 1.31 bits per heavy atom. The minimum atomic E-state index is 0.0566. The molecule has 1 aromatic carbocycles. The first-order valence-corrected chi connectivity index (χ1v) is 6.47. The molecule has 0 bridgehead atoms. The van der Waals surface area contributed by atoms with E-state index in [-0.39, 0.29) is 5.41 Å². The Kier molecular flexibility index (Phi) is 3.65. The average molecular weight is 218 g/mol. The zero-order valence-electron chi connectivity index (χ0n) is 10.2. The van der Waals surface area contributed by atoms with Crippen LogP contribution in [0.2, 0.25) is 0 Å². The van der Waals surface area contributed by atoms with Gasteiger partial charge in [-0.1, -0.05) is 50.1 Å². The van der Waals surface area contributed by atoms with Crippen LogP contribution in [0.1, 0.15) is 44.6 Å². The molecule has 2 rings (SSSR count). The van der Waals surface area contributed by atoms with Crippen molar-refractivity contribution < 1.29 is 5.11 Å². The van der Waals surface area contributed by atoms with Gasteiger partial charge in [0.15, 0.2) is 0 Å². The molecule has 1 nitrogen and oxygen atoms in total. The van der Waals surface area contributed by atoms with Crippen LogP contribution in [0, 0.1) is 5.92 Å². The quantitative estimate of drug-likeness (QED) is 0.820. The van der Waals surface area contributed by atoms with E-state index >= 15 is 0 Å². The van der Waals surface area contributed by atoms with E-state index in [9.17, 15) is 5.11 Å². The van der Waals surface area contributed by atoms with E-state index in [2.05, 4.69) is 31.2 Å². The predicted octanol–water partition coefficient (Wildman–Crippen LogP) is 3.52. The van der Waals surface area contributed by atoms with Crippen molar-refractivity contribution in [3.05, 3.63) is 35.9 Å². The van der Waals surface area contributed by atoms with Gasteiger partial charge in [0, 0.05) is 5.41 Å². The fraction of sp³-hybridized carbons (Fsp3) is 0.600. The molecule has 1 aliphatic rings. The first-order chi connectivity index (χ1) is 7.80. The maximum absolute atomic E-state index is 9.76. The fourth-order valence-corrected chi connectivity index (χ4v) is 3.18. The van der Waals surface area contributed by atoms with Crippen molar-refractivity contribution in [2.24, 2.45) is 5.92 Å². The Morgan fingerprint density at radius 2 is 2.06 bits per heavy atom. The van der Waals surface area contributed by atoms with E-state index in [1.54, 1.807) is 0 Å². The van der Waals surface area contributed by atoms with Crippen LogP contribution in [0.5, 0.6) is 0 Å². The third-order valence-corrected chi connectivity index (χ3v) is 4.10. The van der Waals surface area contributed by atoms with E-state index < -0.39 is 0 Å². The van der Waals surface area contributed by atoms with Crippen molar-refractivity contribution in [2.45, 2.75) is 44.4 Å². The molecule has 0 radical (unpaired) electrons. The van der Waals surface area contributed by atoms with Gasteiger partial charge in [-0.25, -0.2) is 0 Å². The van der Waals surface area contributed by atoms with E-state index in [1.165, 1.54) is 31.2 Å². The van der Waals surface area contributed by atoms with Gasteiger partial charge >= 0.3 is 0 Å². The zero-order valence-corrected chi connectivity index (χ0v) is 10.2. The summed E-state index contributed by atoms with van der Waals surface area (Å²) in [6.07, 6.45) is 6.18. The Balaban J connectivity index is 2.16. The molecule has 88 valence electrons. The molecule has 1 N–H and O–H groups in total. The summed E-state index contributed by atoms with van der Waals surface area (Å²) in [5.74, 6) is 0.817. The van der Waals surface area contributed by atoms with Crippen molar-refractivity contribution in [2.75, 3.05) is 6.61 Å².